The van der Waals surface area contributed by atoms with E-state index in [-0.39, 0.29) is 6.04 Å². The van der Waals surface area contributed by atoms with Gasteiger partial charge in [0.2, 0.25) is 0 Å². The van der Waals surface area contributed by atoms with E-state index < -0.39 is 5.41 Å². The van der Waals surface area contributed by atoms with E-state index in [2.05, 4.69) is 159 Å². The highest BCUT2D eigenvalue weighted by molar-refractivity contribution is 5.90. The van der Waals surface area contributed by atoms with E-state index in [9.17, 15) is 5.11 Å². The van der Waals surface area contributed by atoms with Gasteiger partial charge in [-0.2, -0.15) is 0 Å². The Balaban J connectivity index is 1.30. The van der Waals surface area contributed by atoms with Gasteiger partial charge >= 0.3 is 0 Å². The average molecular weight is 688 g/mol. The third-order valence-electron chi connectivity index (χ3n) is 10.6. The van der Waals surface area contributed by atoms with E-state index >= 15 is 0 Å². The number of allylic oxidation sites excluding steroid dienone is 9. The van der Waals surface area contributed by atoms with Gasteiger partial charge < -0.3 is 10.4 Å². The summed E-state index contributed by atoms with van der Waals surface area (Å²) in [5, 5.41) is 14.6. The molecule has 5 aromatic carbocycles. The number of hydrogen-bond donors (Lipinski definition) is 2. The molecular formula is C51H45NO. The summed E-state index contributed by atoms with van der Waals surface area (Å²) in [7, 11) is 0. The Bertz CT molecular complexity index is 2350. The van der Waals surface area contributed by atoms with Crippen molar-refractivity contribution < 1.29 is 5.11 Å². The van der Waals surface area contributed by atoms with Crippen LogP contribution >= 0.6 is 0 Å². The summed E-state index contributed by atoms with van der Waals surface area (Å²) < 4.78 is 0. The predicted octanol–water partition coefficient (Wildman–Crippen LogP) is 13.0. The molecule has 260 valence electrons. The van der Waals surface area contributed by atoms with E-state index in [0.29, 0.717) is 0 Å². The van der Waals surface area contributed by atoms with Crippen LogP contribution in [-0.4, -0.2) is 5.11 Å². The molecule has 0 heterocycles. The molecule has 2 heteroatoms. The second-order valence-corrected chi connectivity index (χ2v) is 13.5. The van der Waals surface area contributed by atoms with Crippen molar-refractivity contribution in [2.24, 2.45) is 0 Å². The molecular weight excluding hydrogens is 643 g/mol. The molecule has 0 aliphatic heterocycles. The van der Waals surface area contributed by atoms with Crippen LogP contribution in [0.25, 0.3) is 33.9 Å². The molecule has 2 unspecified atom stereocenters. The van der Waals surface area contributed by atoms with Crippen LogP contribution in [0, 0.1) is 0 Å². The minimum absolute atomic E-state index is 0.0539. The largest absolute Gasteiger partial charge is 0.515 e. The van der Waals surface area contributed by atoms with Gasteiger partial charge in [-0.1, -0.05) is 165 Å². The molecule has 0 bridgehead atoms. The van der Waals surface area contributed by atoms with Crippen molar-refractivity contribution in [1.29, 1.82) is 0 Å². The zero-order valence-corrected chi connectivity index (χ0v) is 30.3. The van der Waals surface area contributed by atoms with Crippen LogP contribution < -0.4 is 5.32 Å². The second kappa shape index (κ2) is 15.5. The van der Waals surface area contributed by atoms with Crippen molar-refractivity contribution in [3.63, 3.8) is 0 Å². The van der Waals surface area contributed by atoms with Crippen LogP contribution in [0.15, 0.2) is 207 Å². The van der Waals surface area contributed by atoms with Crippen LogP contribution in [0.4, 0.5) is 0 Å². The molecule has 2 nitrogen and oxygen atoms in total. The van der Waals surface area contributed by atoms with Crippen LogP contribution in [0.3, 0.4) is 0 Å². The number of aliphatic hydroxyl groups is 1. The Morgan fingerprint density at radius 1 is 0.717 bits per heavy atom. The van der Waals surface area contributed by atoms with Gasteiger partial charge in [-0.25, -0.2) is 0 Å². The first-order valence-corrected chi connectivity index (χ1v) is 18.3. The lowest BCUT2D eigenvalue weighted by molar-refractivity contribution is 0.461. The van der Waals surface area contributed by atoms with Gasteiger partial charge in [0.15, 0.2) is 0 Å². The molecule has 0 aromatic heterocycles. The molecule has 2 N–H and O–H groups in total. The molecule has 0 spiro atoms. The number of benzene rings is 5. The number of hydrogen-bond acceptors (Lipinski definition) is 2. The first-order chi connectivity index (χ1) is 26.1. The zero-order chi connectivity index (χ0) is 36.8. The fraction of sp³-hybridized carbons (Fsp3) is 0.0980. The molecule has 2 aliphatic rings. The Hall–Kier alpha value is -6.38. The molecule has 0 amide bonds. The summed E-state index contributed by atoms with van der Waals surface area (Å²) in [6.45, 7) is 14.3. The van der Waals surface area contributed by atoms with Gasteiger partial charge in [-0.05, 0) is 111 Å². The maximum absolute atomic E-state index is 10.8. The standard InChI is InChI=1S/C51H45NO/c1-5-17-44(18-6-2)52-50(38-20-10-9-11-21-38)39-29-27-37(28-30-39)40-22-16-23-41(33-40)42-31-32-46-45-24-13-15-26-48(45)51(49(46)34-42,43(8-4)35-53)47-25-14-12-19-36(47)7-3/h5-27,29,31-35,50,52-53H,1,3-4,28,30H2,2H3/b18-6-,43-35-,44-17+. The first-order valence-electron chi connectivity index (χ1n) is 18.3. The van der Waals surface area contributed by atoms with Crippen molar-refractivity contribution in [1.82, 2.24) is 5.32 Å². The Morgan fingerprint density at radius 3 is 2.15 bits per heavy atom. The van der Waals surface area contributed by atoms with Crippen LogP contribution in [0.5, 0.6) is 0 Å². The highest BCUT2D eigenvalue weighted by atomic mass is 16.2. The third-order valence-corrected chi connectivity index (χ3v) is 10.6. The minimum atomic E-state index is -0.773. The molecule has 2 atom stereocenters. The Kier molecular flexibility index (Phi) is 10.2. The molecule has 53 heavy (non-hydrogen) atoms. The quantitative estimate of drug-likeness (QED) is 0.101. The lowest BCUT2D eigenvalue weighted by Gasteiger charge is -2.35. The van der Waals surface area contributed by atoms with Crippen molar-refractivity contribution in [2.45, 2.75) is 31.2 Å². The van der Waals surface area contributed by atoms with Gasteiger partial charge in [-0.3, -0.25) is 0 Å². The number of aliphatic hydroxyl groups excluding tert-OH is 1. The van der Waals surface area contributed by atoms with Gasteiger partial charge in [0.05, 0.1) is 17.7 Å². The van der Waals surface area contributed by atoms with Gasteiger partial charge in [0, 0.05) is 11.3 Å². The normalized spacial score (nSPS) is 17.3. The molecule has 0 saturated carbocycles. The van der Waals surface area contributed by atoms with E-state index in [1.807, 2.05) is 37.3 Å². The summed E-state index contributed by atoms with van der Waals surface area (Å²) >= 11 is 0. The van der Waals surface area contributed by atoms with E-state index in [1.165, 1.54) is 28.5 Å². The maximum Gasteiger partial charge on any atom is 0.0839 e. The predicted molar refractivity (Wildman–Crippen MR) is 225 cm³/mol. The molecule has 0 saturated heterocycles. The fourth-order valence-corrected chi connectivity index (χ4v) is 8.23. The Morgan fingerprint density at radius 2 is 1.43 bits per heavy atom. The molecule has 0 radical (unpaired) electrons. The minimum Gasteiger partial charge on any atom is -0.515 e. The lowest BCUT2D eigenvalue weighted by atomic mass is 9.66. The lowest BCUT2D eigenvalue weighted by Crippen LogP contribution is -2.30. The SMILES string of the molecule is C=C/C=C(\C=C/C)NC(C1=CC=C(c2cccc(-c3ccc4c(c3)C(/C(C=C)=C\O)(c3ccccc3C=C)c3ccccc3-4)c2)CC1)c1ccccc1. The van der Waals surface area contributed by atoms with Crippen LogP contribution in [0.2, 0.25) is 0 Å². The number of fused-ring (bicyclic) bond motifs is 3. The molecule has 0 fully saturated rings. The Labute approximate surface area is 314 Å². The summed E-state index contributed by atoms with van der Waals surface area (Å²) in [6, 6.07) is 43.2. The summed E-state index contributed by atoms with van der Waals surface area (Å²) in [4.78, 5) is 0. The topological polar surface area (TPSA) is 32.3 Å². The van der Waals surface area contributed by atoms with Crippen LogP contribution in [0.1, 0.15) is 59.2 Å². The average Bonchev–Trinajstić information content (AvgIpc) is 3.51. The summed E-state index contributed by atoms with van der Waals surface area (Å²) in [5.74, 6) is 0. The number of rotatable bonds is 12. The monoisotopic (exact) mass is 687 g/mol. The van der Waals surface area contributed by atoms with Crippen molar-refractivity contribution in [3.05, 3.63) is 240 Å². The van der Waals surface area contributed by atoms with Gasteiger partial charge in [0.25, 0.3) is 0 Å². The van der Waals surface area contributed by atoms with Gasteiger partial charge in [-0.15, -0.1) is 0 Å². The summed E-state index contributed by atoms with van der Waals surface area (Å²) in [5.41, 5.74) is 15.0. The van der Waals surface area contributed by atoms with Crippen molar-refractivity contribution in [3.8, 4) is 22.3 Å². The van der Waals surface area contributed by atoms with Crippen molar-refractivity contribution in [2.75, 3.05) is 0 Å². The summed E-state index contributed by atoms with van der Waals surface area (Å²) in [6.07, 6.45) is 19.4. The maximum atomic E-state index is 10.8. The molecule has 2 aliphatic carbocycles. The first kappa shape index (κ1) is 35.0. The van der Waals surface area contributed by atoms with E-state index in [0.717, 1.165) is 68.6 Å². The zero-order valence-electron chi connectivity index (χ0n) is 30.3. The molecule has 7 rings (SSSR count). The third kappa shape index (κ3) is 6.38. The fourth-order valence-electron chi connectivity index (χ4n) is 8.23. The molecule has 5 aromatic rings. The highest BCUT2D eigenvalue weighted by Crippen LogP contribution is 2.58. The van der Waals surface area contributed by atoms with E-state index in [1.54, 1.807) is 6.08 Å². The number of nitrogens with one attached hydrogen (secondary N) is 1. The van der Waals surface area contributed by atoms with Crippen molar-refractivity contribution >= 4 is 11.6 Å². The highest BCUT2D eigenvalue weighted by Gasteiger charge is 2.47. The van der Waals surface area contributed by atoms with Gasteiger partial charge in [0.1, 0.15) is 0 Å². The second-order valence-electron chi connectivity index (χ2n) is 13.5. The van der Waals surface area contributed by atoms with E-state index in [4.69, 9.17) is 0 Å². The smallest absolute Gasteiger partial charge is 0.0839 e. The van der Waals surface area contributed by atoms with Crippen LogP contribution in [-0.2, 0) is 5.41 Å².